The van der Waals surface area contributed by atoms with Gasteiger partial charge in [0.25, 0.3) is 0 Å². The highest BCUT2D eigenvalue weighted by Gasteiger charge is 2.20. The van der Waals surface area contributed by atoms with Crippen LogP contribution in [0.4, 0.5) is 5.82 Å². The van der Waals surface area contributed by atoms with Gasteiger partial charge in [0.1, 0.15) is 23.4 Å². The second-order valence-electron chi connectivity index (χ2n) is 6.23. The molecule has 28 heavy (non-hydrogen) atoms. The van der Waals surface area contributed by atoms with Crippen LogP contribution >= 0.6 is 11.8 Å². The largest absolute Gasteiger partial charge is 0.497 e. The molecule has 3 aromatic rings. The van der Waals surface area contributed by atoms with Crippen LogP contribution in [-0.4, -0.2) is 23.3 Å². The zero-order valence-electron chi connectivity index (χ0n) is 16.0. The monoisotopic (exact) mass is 395 g/mol. The second-order valence-corrected chi connectivity index (χ2v) is 7.28. The summed E-state index contributed by atoms with van der Waals surface area (Å²) in [7, 11) is 1.61. The van der Waals surface area contributed by atoms with Gasteiger partial charge in [0.15, 0.2) is 0 Å². The Labute approximate surface area is 168 Å². The molecule has 2 heterocycles. The number of nitrogens with zero attached hydrogens (tertiary/aromatic N) is 2. The predicted octanol–water partition coefficient (Wildman–Crippen LogP) is 4.36. The zero-order valence-corrected chi connectivity index (χ0v) is 16.8. The Morgan fingerprint density at radius 2 is 2.14 bits per heavy atom. The summed E-state index contributed by atoms with van der Waals surface area (Å²) in [6.07, 6.45) is 1.61. The Balaban J connectivity index is 1.77. The number of thioether (sulfide) groups is 1. The lowest BCUT2D eigenvalue weighted by Crippen LogP contribution is -2.18. The number of nitriles is 1. The summed E-state index contributed by atoms with van der Waals surface area (Å²) in [6, 6.07) is 13.4. The average Bonchev–Trinajstić information content (AvgIpc) is 3.29. The van der Waals surface area contributed by atoms with Gasteiger partial charge >= 0.3 is 0 Å². The fourth-order valence-corrected chi connectivity index (χ4v) is 3.64. The molecular formula is C21H21N3O3S. The molecule has 0 saturated heterocycles. The Bertz CT molecular complexity index is 1020. The Morgan fingerprint density at radius 1 is 1.32 bits per heavy atom. The van der Waals surface area contributed by atoms with Crippen molar-refractivity contribution in [2.75, 3.05) is 18.2 Å². The normalized spacial score (nSPS) is 10.5. The number of rotatable bonds is 7. The highest BCUT2D eigenvalue weighted by Crippen LogP contribution is 2.28. The van der Waals surface area contributed by atoms with E-state index in [9.17, 15) is 10.1 Å². The SMILES string of the molecule is COc1cccc(SCC(=O)Nc2c(C#N)c(C)c(C)n2Cc2ccco2)c1. The van der Waals surface area contributed by atoms with E-state index in [2.05, 4.69) is 11.4 Å². The van der Waals surface area contributed by atoms with Crippen LogP contribution < -0.4 is 10.1 Å². The van der Waals surface area contributed by atoms with Crippen molar-refractivity contribution in [3.63, 3.8) is 0 Å². The smallest absolute Gasteiger partial charge is 0.235 e. The average molecular weight is 395 g/mol. The van der Waals surface area contributed by atoms with E-state index >= 15 is 0 Å². The summed E-state index contributed by atoms with van der Waals surface area (Å²) in [5.74, 6) is 2.05. The molecule has 0 spiro atoms. The molecule has 1 amide bonds. The van der Waals surface area contributed by atoms with Gasteiger partial charge in [0.2, 0.25) is 5.91 Å². The van der Waals surface area contributed by atoms with Gasteiger partial charge in [-0.1, -0.05) is 6.07 Å². The van der Waals surface area contributed by atoms with Crippen molar-refractivity contribution < 1.29 is 13.9 Å². The lowest BCUT2D eigenvalue weighted by atomic mass is 10.2. The molecule has 7 heteroatoms. The number of nitrogens with one attached hydrogen (secondary N) is 1. The van der Waals surface area contributed by atoms with E-state index in [1.54, 1.807) is 13.4 Å². The molecule has 1 N–H and O–H groups in total. The van der Waals surface area contributed by atoms with Gasteiger partial charge in [0, 0.05) is 10.6 Å². The lowest BCUT2D eigenvalue weighted by Gasteiger charge is -2.12. The van der Waals surface area contributed by atoms with Gasteiger partial charge in [-0.2, -0.15) is 5.26 Å². The highest BCUT2D eigenvalue weighted by molar-refractivity contribution is 8.00. The second kappa shape index (κ2) is 8.72. The first-order chi connectivity index (χ1) is 13.5. The topological polar surface area (TPSA) is 80.2 Å². The maximum Gasteiger partial charge on any atom is 0.235 e. The number of furan rings is 1. The van der Waals surface area contributed by atoms with Gasteiger partial charge in [-0.15, -0.1) is 11.8 Å². The third kappa shape index (κ3) is 4.24. The van der Waals surface area contributed by atoms with Gasteiger partial charge < -0.3 is 19.0 Å². The number of amides is 1. The summed E-state index contributed by atoms with van der Waals surface area (Å²) >= 11 is 1.41. The summed E-state index contributed by atoms with van der Waals surface area (Å²) in [4.78, 5) is 13.5. The molecule has 0 atom stereocenters. The Kier molecular flexibility index (Phi) is 6.12. The maximum absolute atomic E-state index is 12.6. The molecule has 1 aromatic carbocycles. The van der Waals surface area contributed by atoms with Crippen molar-refractivity contribution in [1.82, 2.24) is 4.57 Å². The van der Waals surface area contributed by atoms with Crippen molar-refractivity contribution in [3.05, 3.63) is 65.2 Å². The molecule has 0 bridgehead atoms. The van der Waals surface area contributed by atoms with Gasteiger partial charge in [-0.25, -0.2) is 0 Å². The van der Waals surface area contributed by atoms with Crippen LogP contribution in [0.1, 0.15) is 22.6 Å². The lowest BCUT2D eigenvalue weighted by molar-refractivity contribution is -0.113. The maximum atomic E-state index is 12.6. The van der Waals surface area contributed by atoms with Crippen LogP contribution in [0.15, 0.2) is 52.0 Å². The quantitative estimate of drug-likeness (QED) is 0.601. The van der Waals surface area contributed by atoms with Crippen LogP contribution in [-0.2, 0) is 11.3 Å². The number of ether oxygens (including phenoxy) is 1. The predicted molar refractivity (Wildman–Crippen MR) is 109 cm³/mol. The van der Waals surface area contributed by atoms with Crippen molar-refractivity contribution in [2.24, 2.45) is 0 Å². The molecule has 6 nitrogen and oxygen atoms in total. The molecule has 0 aliphatic rings. The Hall–Kier alpha value is -3.11. The summed E-state index contributed by atoms with van der Waals surface area (Å²) in [5, 5.41) is 12.5. The van der Waals surface area contributed by atoms with E-state index < -0.39 is 0 Å². The van der Waals surface area contributed by atoms with E-state index in [1.165, 1.54) is 11.8 Å². The van der Waals surface area contributed by atoms with Crippen LogP contribution in [0.5, 0.6) is 5.75 Å². The standard InChI is InChI=1S/C21H21N3O3S/c1-14-15(2)24(12-17-7-5-9-27-17)21(19(14)11-22)23-20(25)13-28-18-8-4-6-16(10-18)26-3/h4-10H,12-13H2,1-3H3,(H,23,25). The fraction of sp³-hybridized carbons (Fsp3) is 0.238. The molecule has 0 fully saturated rings. The van der Waals surface area contributed by atoms with Crippen molar-refractivity contribution in [3.8, 4) is 11.8 Å². The van der Waals surface area contributed by atoms with Crippen LogP contribution in [0.2, 0.25) is 0 Å². The third-order valence-electron chi connectivity index (χ3n) is 4.50. The van der Waals surface area contributed by atoms with E-state index in [0.29, 0.717) is 17.9 Å². The van der Waals surface area contributed by atoms with Crippen LogP contribution in [0, 0.1) is 25.2 Å². The van der Waals surface area contributed by atoms with E-state index in [-0.39, 0.29) is 11.7 Å². The molecular weight excluding hydrogens is 374 g/mol. The van der Waals surface area contributed by atoms with Crippen molar-refractivity contribution >= 4 is 23.5 Å². The van der Waals surface area contributed by atoms with E-state index in [0.717, 1.165) is 27.7 Å². The molecule has 0 aliphatic heterocycles. The number of hydrogen-bond donors (Lipinski definition) is 1. The molecule has 0 aliphatic carbocycles. The molecule has 0 radical (unpaired) electrons. The third-order valence-corrected chi connectivity index (χ3v) is 5.50. The van der Waals surface area contributed by atoms with Gasteiger partial charge in [-0.05, 0) is 49.7 Å². The number of anilines is 1. The first-order valence-electron chi connectivity index (χ1n) is 8.72. The number of methoxy groups -OCH3 is 1. The molecule has 144 valence electrons. The first-order valence-corrected chi connectivity index (χ1v) is 9.71. The number of hydrogen-bond acceptors (Lipinski definition) is 5. The highest BCUT2D eigenvalue weighted by atomic mass is 32.2. The zero-order chi connectivity index (χ0) is 20.1. The summed E-state index contributed by atoms with van der Waals surface area (Å²) in [5.41, 5.74) is 2.25. The van der Waals surface area contributed by atoms with Crippen molar-refractivity contribution in [2.45, 2.75) is 25.3 Å². The molecule has 0 unspecified atom stereocenters. The van der Waals surface area contributed by atoms with E-state index in [1.807, 2.05) is 54.8 Å². The first kappa shape index (κ1) is 19.6. The number of carbonyl (C=O) groups excluding carboxylic acids is 1. The Morgan fingerprint density at radius 3 is 2.82 bits per heavy atom. The fourth-order valence-electron chi connectivity index (χ4n) is 2.89. The van der Waals surface area contributed by atoms with Crippen LogP contribution in [0.25, 0.3) is 0 Å². The van der Waals surface area contributed by atoms with Gasteiger partial charge in [0.05, 0.1) is 31.2 Å². The molecule has 3 rings (SSSR count). The van der Waals surface area contributed by atoms with Crippen LogP contribution in [0.3, 0.4) is 0 Å². The number of carbonyl (C=O) groups is 1. The summed E-state index contributed by atoms with van der Waals surface area (Å²) < 4.78 is 12.5. The minimum atomic E-state index is -0.178. The molecule has 2 aromatic heterocycles. The number of benzene rings is 1. The minimum Gasteiger partial charge on any atom is -0.497 e. The van der Waals surface area contributed by atoms with Crippen molar-refractivity contribution in [1.29, 1.82) is 5.26 Å². The summed E-state index contributed by atoms with van der Waals surface area (Å²) in [6.45, 7) is 4.26. The minimum absolute atomic E-state index is 0.178. The number of aromatic nitrogens is 1. The van der Waals surface area contributed by atoms with Gasteiger partial charge in [-0.3, -0.25) is 4.79 Å². The molecule has 0 saturated carbocycles. The van der Waals surface area contributed by atoms with E-state index in [4.69, 9.17) is 9.15 Å².